The molecule has 0 bridgehead atoms. The Hall–Kier alpha value is -3.30. The van der Waals surface area contributed by atoms with Gasteiger partial charge in [0, 0.05) is 17.5 Å². The van der Waals surface area contributed by atoms with Gasteiger partial charge >= 0.3 is 0 Å². The van der Waals surface area contributed by atoms with E-state index in [1.54, 1.807) is 36.4 Å². The third-order valence-corrected chi connectivity index (χ3v) is 10.1. The normalized spacial score (nSPS) is 14.4. The van der Waals surface area contributed by atoms with Gasteiger partial charge in [-0.15, -0.1) is 11.8 Å². The van der Waals surface area contributed by atoms with Gasteiger partial charge in [0.2, 0.25) is 11.8 Å². The Bertz CT molecular complexity index is 1410. The van der Waals surface area contributed by atoms with E-state index < -0.39 is 28.5 Å². The van der Waals surface area contributed by atoms with E-state index in [2.05, 4.69) is 5.32 Å². The van der Waals surface area contributed by atoms with Gasteiger partial charge in [-0.05, 0) is 74.4 Å². The third kappa shape index (κ3) is 7.71. The Morgan fingerprint density at radius 1 is 0.951 bits per heavy atom. The van der Waals surface area contributed by atoms with Crippen LogP contribution in [0.3, 0.4) is 0 Å². The molecular weight excluding hydrogens is 555 g/mol. The van der Waals surface area contributed by atoms with Crippen LogP contribution in [-0.4, -0.2) is 50.0 Å². The summed E-state index contributed by atoms with van der Waals surface area (Å²) in [4.78, 5) is 30.2. The molecule has 218 valence electrons. The van der Waals surface area contributed by atoms with Crippen molar-refractivity contribution in [3.8, 4) is 0 Å². The monoisotopic (exact) mass is 593 g/mol. The van der Waals surface area contributed by atoms with E-state index in [4.69, 9.17) is 0 Å². The van der Waals surface area contributed by atoms with E-state index in [-0.39, 0.29) is 23.4 Å². The van der Waals surface area contributed by atoms with Crippen molar-refractivity contribution in [1.29, 1.82) is 0 Å². The number of benzene rings is 3. The zero-order chi connectivity index (χ0) is 29.4. The Kier molecular flexibility index (Phi) is 10.5. The molecule has 9 heteroatoms. The second kappa shape index (κ2) is 14.0. The van der Waals surface area contributed by atoms with Crippen molar-refractivity contribution in [1.82, 2.24) is 10.2 Å². The number of hydrogen-bond acceptors (Lipinski definition) is 5. The molecule has 1 fully saturated rings. The van der Waals surface area contributed by atoms with Crippen LogP contribution in [0.5, 0.6) is 0 Å². The van der Waals surface area contributed by atoms with Crippen LogP contribution in [0, 0.1) is 6.92 Å². The fourth-order valence-electron chi connectivity index (χ4n) is 5.18. The summed E-state index contributed by atoms with van der Waals surface area (Å²) >= 11 is 1.52. The molecular formula is C32H39N3O4S2. The fourth-order valence-corrected chi connectivity index (χ4v) is 7.00. The second-order valence-electron chi connectivity index (χ2n) is 10.4. The molecule has 0 aliphatic heterocycles. The zero-order valence-corrected chi connectivity index (χ0v) is 25.6. The highest BCUT2D eigenvalue weighted by atomic mass is 32.2. The number of amides is 2. The summed E-state index contributed by atoms with van der Waals surface area (Å²) in [7, 11) is -4.09. The molecule has 41 heavy (non-hydrogen) atoms. The molecule has 0 spiro atoms. The van der Waals surface area contributed by atoms with Gasteiger partial charge in [-0.1, -0.05) is 67.8 Å². The molecule has 1 aliphatic rings. The van der Waals surface area contributed by atoms with Crippen molar-refractivity contribution in [3.05, 3.63) is 90.0 Å². The molecule has 4 rings (SSSR count). The van der Waals surface area contributed by atoms with Crippen LogP contribution >= 0.6 is 11.8 Å². The topological polar surface area (TPSA) is 86.8 Å². The predicted octanol–water partition coefficient (Wildman–Crippen LogP) is 5.78. The summed E-state index contributed by atoms with van der Waals surface area (Å²) < 4.78 is 29.2. The lowest BCUT2D eigenvalue weighted by molar-refractivity contribution is -0.140. The highest BCUT2D eigenvalue weighted by Gasteiger charge is 2.34. The first-order valence-electron chi connectivity index (χ1n) is 14.1. The number of aryl methyl sites for hydroxylation is 1. The Morgan fingerprint density at radius 3 is 2.17 bits per heavy atom. The number of nitrogens with zero attached hydrogens (tertiary/aromatic N) is 2. The molecule has 1 saturated carbocycles. The third-order valence-electron chi connectivity index (χ3n) is 7.53. The molecule has 2 amide bonds. The summed E-state index contributed by atoms with van der Waals surface area (Å²) in [6, 6.07) is 22.6. The zero-order valence-electron chi connectivity index (χ0n) is 24.0. The first kappa shape index (κ1) is 30.7. The van der Waals surface area contributed by atoms with E-state index in [9.17, 15) is 18.0 Å². The molecule has 1 aliphatic carbocycles. The average molecular weight is 594 g/mol. The number of carbonyl (C=O) groups excluding carboxylic acids is 2. The number of nitrogens with one attached hydrogen (secondary N) is 1. The largest absolute Gasteiger partial charge is 0.352 e. The Morgan fingerprint density at radius 2 is 1.59 bits per heavy atom. The minimum absolute atomic E-state index is 0.101. The summed E-state index contributed by atoms with van der Waals surface area (Å²) in [5.74, 6) is -0.631. The number of rotatable bonds is 12. The quantitative estimate of drug-likeness (QED) is 0.269. The molecule has 1 N–H and O–H groups in total. The average Bonchev–Trinajstić information content (AvgIpc) is 3.49. The van der Waals surface area contributed by atoms with Crippen molar-refractivity contribution in [2.75, 3.05) is 17.1 Å². The van der Waals surface area contributed by atoms with Crippen LogP contribution < -0.4 is 9.62 Å². The van der Waals surface area contributed by atoms with Crippen LogP contribution in [0.25, 0.3) is 0 Å². The summed E-state index contributed by atoms with van der Waals surface area (Å²) in [5.41, 5.74) is 2.23. The maximum atomic E-state index is 14.2. The summed E-state index contributed by atoms with van der Waals surface area (Å²) in [6.45, 7) is 3.56. The number of hydrogen-bond donors (Lipinski definition) is 1. The van der Waals surface area contributed by atoms with Gasteiger partial charge in [0.05, 0.1) is 10.6 Å². The van der Waals surface area contributed by atoms with Crippen molar-refractivity contribution >= 4 is 39.3 Å². The lowest BCUT2D eigenvalue weighted by atomic mass is 10.1. The second-order valence-corrected chi connectivity index (χ2v) is 13.2. The van der Waals surface area contributed by atoms with E-state index in [1.807, 2.05) is 62.6 Å². The maximum Gasteiger partial charge on any atom is 0.264 e. The van der Waals surface area contributed by atoms with E-state index in [0.29, 0.717) is 12.1 Å². The highest BCUT2D eigenvalue weighted by molar-refractivity contribution is 7.98. The maximum absolute atomic E-state index is 14.2. The van der Waals surface area contributed by atoms with Gasteiger partial charge in [0.25, 0.3) is 10.0 Å². The van der Waals surface area contributed by atoms with Crippen molar-refractivity contribution in [2.24, 2.45) is 0 Å². The van der Waals surface area contributed by atoms with E-state index in [0.717, 1.165) is 46.0 Å². The van der Waals surface area contributed by atoms with Gasteiger partial charge in [-0.2, -0.15) is 0 Å². The fraction of sp³-hybridized carbons (Fsp3) is 0.375. The van der Waals surface area contributed by atoms with Gasteiger partial charge in [0.1, 0.15) is 12.6 Å². The molecule has 3 aromatic carbocycles. The molecule has 0 heterocycles. The number of thioether (sulfide) groups is 1. The highest BCUT2D eigenvalue weighted by Crippen LogP contribution is 2.27. The smallest absolute Gasteiger partial charge is 0.264 e. The SMILES string of the molecule is CC[C@H](C(=O)NC1CCCC1)N(Cc1ccccc1)C(=O)CN(c1ccc(C)cc1)S(=O)(=O)c1ccc(SC)cc1. The summed E-state index contributed by atoms with van der Waals surface area (Å²) in [5, 5.41) is 3.14. The van der Waals surface area contributed by atoms with Gasteiger partial charge in [-0.25, -0.2) is 8.42 Å². The van der Waals surface area contributed by atoms with Crippen LogP contribution in [0.15, 0.2) is 88.7 Å². The van der Waals surface area contributed by atoms with Crippen molar-refractivity contribution < 1.29 is 18.0 Å². The van der Waals surface area contributed by atoms with Crippen LogP contribution in [0.2, 0.25) is 0 Å². The first-order chi connectivity index (χ1) is 19.7. The molecule has 0 unspecified atom stereocenters. The Labute approximate surface area is 248 Å². The molecule has 7 nitrogen and oxygen atoms in total. The number of sulfonamides is 1. The van der Waals surface area contributed by atoms with Crippen LogP contribution in [0.1, 0.15) is 50.2 Å². The molecule has 0 aromatic heterocycles. The lowest BCUT2D eigenvalue weighted by Gasteiger charge is -2.33. The molecule has 0 saturated heterocycles. The minimum atomic E-state index is -4.09. The minimum Gasteiger partial charge on any atom is -0.352 e. The Balaban J connectivity index is 1.69. The molecule has 1 atom stereocenters. The standard InChI is InChI=1S/C32H39N3O4S2/c1-4-30(32(37)33-26-12-8-9-13-26)34(22-25-10-6-5-7-11-25)31(36)23-35(27-16-14-24(2)15-17-27)41(38,39)29-20-18-28(40-3)19-21-29/h5-7,10-11,14-21,26,30H,4,8-9,12-13,22-23H2,1-3H3,(H,33,37)/t30-/m1/s1. The van der Waals surface area contributed by atoms with E-state index >= 15 is 0 Å². The number of anilines is 1. The predicted molar refractivity (Wildman–Crippen MR) is 165 cm³/mol. The molecule has 3 aromatic rings. The lowest BCUT2D eigenvalue weighted by Crippen LogP contribution is -2.53. The van der Waals surface area contributed by atoms with Crippen LogP contribution in [-0.2, 0) is 26.2 Å². The van der Waals surface area contributed by atoms with E-state index in [1.165, 1.54) is 16.7 Å². The van der Waals surface area contributed by atoms with Crippen molar-refractivity contribution in [2.45, 2.75) is 74.4 Å². The van der Waals surface area contributed by atoms with Gasteiger partial charge < -0.3 is 10.2 Å². The van der Waals surface area contributed by atoms with Crippen LogP contribution in [0.4, 0.5) is 5.69 Å². The van der Waals surface area contributed by atoms with Gasteiger partial charge in [0.15, 0.2) is 0 Å². The van der Waals surface area contributed by atoms with Crippen molar-refractivity contribution in [3.63, 3.8) is 0 Å². The first-order valence-corrected chi connectivity index (χ1v) is 16.8. The summed E-state index contributed by atoms with van der Waals surface area (Å²) in [6.07, 6.45) is 6.36. The van der Waals surface area contributed by atoms with Gasteiger partial charge in [-0.3, -0.25) is 13.9 Å². The molecule has 0 radical (unpaired) electrons. The number of carbonyl (C=O) groups is 2.